The van der Waals surface area contributed by atoms with Crippen LogP contribution in [0.2, 0.25) is 0 Å². The van der Waals surface area contributed by atoms with E-state index in [2.05, 4.69) is 206 Å². The Morgan fingerprint density at radius 2 is 0.489 bits per heavy atom. The second kappa shape index (κ2) is 21.6. The molecule has 0 radical (unpaired) electrons. The molecule has 2 bridgehead atoms. The summed E-state index contributed by atoms with van der Waals surface area (Å²) in [7, 11) is 0. The Bertz CT molecular complexity index is 5520. The van der Waals surface area contributed by atoms with E-state index in [0.717, 1.165) is 122 Å². The molecule has 13 aromatic carbocycles. The highest BCUT2D eigenvalue weighted by Gasteiger charge is 2.41. The number of rotatable bonds is 10. The first-order chi connectivity index (χ1) is 46.6. The first kappa shape index (κ1) is 53.3. The molecule has 8 nitrogen and oxygen atoms in total. The molecule has 8 heteroatoms. The van der Waals surface area contributed by atoms with Crippen LogP contribution >= 0.6 is 0 Å². The highest BCUT2D eigenvalue weighted by Crippen LogP contribution is 2.57. The van der Waals surface area contributed by atoms with Gasteiger partial charge >= 0.3 is 0 Å². The van der Waals surface area contributed by atoms with Crippen LogP contribution in [0.15, 0.2) is 312 Å². The Kier molecular flexibility index (Phi) is 12.2. The molecule has 17 aromatic rings. The molecule has 0 N–H and O–H groups in total. The van der Waals surface area contributed by atoms with E-state index >= 15 is 0 Å². The number of fused-ring (bicyclic) bond motifs is 6. The largest absolute Gasteiger partial charge is 0.455 e. The van der Waals surface area contributed by atoms with E-state index in [9.17, 15) is 0 Å². The topological polar surface area (TPSA) is 104 Å². The maximum Gasteiger partial charge on any atom is 0.164 e. The zero-order chi connectivity index (χ0) is 61.8. The number of nitrogens with zero attached hydrogens (tertiary/aromatic N) is 6. The van der Waals surface area contributed by atoms with Gasteiger partial charge in [-0.25, -0.2) is 29.9 Å². The van der Waals surface area contributed by atoms with Gasteiger partial charge in [0.1, 0.15) is 22.3 Å². The van der Waals surface area contributed by atoms with E-state index in [4.69, 9.17) is 38.7 Å². The van der Waals surface area contributed by atoms with E-state index in [1.807, 2.05) is 97.1 Å². The van der Waals surface area contributed by atoms with Crippen LogP contribution in [0, 0.1) is 0 Å². The van der Waals surface area contributed by atoms with Crippen molar-refractivity contribution in [2.24, 2.45) is 0 Å². The minimum Gasteiger partial charge on any atom is -0.455 e. The molecular formula is C86H52N6O2. The molecule has 0 spiro atoms. The molecule has 0 fully saturated rings. The molecule has 2 atom stereocenters. The number of benzene rings is 13. The van der Waals surface area contributed by atoms with Crippen LogP contribution in [-0.4, -0.2) is 29.9 Å². The summed E-state index contributed by atoms with van der Waals surface area (Å²) in [5.74, 6) is 3.74. The van der Waals surface area contributed by atoms with Crippen molar-refractivity contribution < 1.29 is 8.83 Å². The molecule has 0 aliphatic heterocycles. The number of aromatic nitrogens is 6. The van der Waals surface area contributed by atoms with Crippen molar-refractivity contribution in [2.45, 2.75) is 11.8 Å². The van der Waals surface area contributed by atoms with E-state index in [0.29, 0.717) is 34.9 Å². The Labute approximate surface area is 540 Å². The van der Waals surface area contributed by atoms with Crippen LogP contribution in [0.25, 0.3) is 157 Å². The molecule has 20 rings (SSSR count). The Balaban J connectivity index is 0.642. The molecule has 94 heavy (non-hydrogen) atoms. The SMILES string of the molecule is c1ccc(-c2nc(-c3ccc(-c4ccc5c(c4)C4c6ccccc6C5c5cc(-c6ccc(-c7nc(-c8ccccc8)nc(-c8ccccc8-c8cccc9c8oc8ccccc89)n7)cc6)ccc54)cc3)nc(-c3ccccc3-c3cccc4c3oc3ccccc34)n2)cc1. The first-order valence-corrected chi connectivity index (χ1v) is 31.8. The van der Waals surface area contributed by atoms with E-state index < -0.39 is 0 Å². The second-order valence-corrected chi connectivity index (χ2v) is 24.3. The number of para-hydroxylation sites is 4. The van der Waals surface area contributed by atoms with Crippen LogP contribution in [-0.2, 0) is 0 Å². The van der Waals surface area contributed by atoms with Crippen LogP contribution in [0.4, 0.5) is 0 Å². The molecule has 0 saturated heterocycles. The van der Waals surface area contributed by atoms with Crippen LogP contribution in [0.5, 0.6) is 0 Å². The number of hydrogen-bond acceptors (Lipinski definition) is 8. The monoisotopic (exact) mass is 1200 g/mol. The van der Waals surface area contributed by atoms with Gasteiger partial charge in [0.25, 0.3) is 0 Å². The van der Waals surface area contributed by atoms with Gasteiger partial charge in [0, 0.05) is 77.9 Å². The van der Waals surface area contributed by atoms with Gasteiger partial charge in [-0.2, -0.15) is 0 Å². The maximum atomic E-state index is 6.56. The van der Waals surface area contributed by atoms with Crippen LogP contribution in [0.3, 0.4) is 0 Å². The summed E-state index contributed by atoms with van der Waals surface area (Å²) in [4.78, 5) is 31.2. The second-order valence-electron chi connectivity index (χ2n) is 24.3. The quantitative estimate of drug-likeness (QED) is 0.133. The third-order valence-corrected chi connectivity index (χ3v) is 19.0. The van der Waals surface area contributed by atoms with Gasteiger partial charge < -0.3 is 8.83 Å². The average Bonchev–Trinajstić information content (AvgIpc) is 1.00. The Hall–Kier alpha value is -12.5. The van der Waals surface area contributed by atoms with Gasteiger partial charge in [0.2, 0.25) is 0 Å². The van der Waals surface area contributed by atoms with Gasteiger partial charge in [-0.3, -0.25) is 0 Å². The van der Waals surface area contributed by atoms with E-state index in [1.165, 1.54) is 33.4 Å². The summed E-state index contributed by atoms with van der Waals surface area (Å²) in [5, 5.41) is 4.31. The van der Waals surface area contributed by atoms with Crippen LogP contribution < -0.4 is 0 Å². The minimum atomic E-state index is 0.0808. The van der Waals surface area contributed by atoms with Crippen molar-refractivity contribution in [3.05, 3.63) is 337 Å². The van der Waals surface area contributed by atoms with E-state index in [-0.39, 0.29) is 11.8 Å². The summed E-state index contributed by atoms with van der Waals surface area (Å²) in [6.45, 7) is 0. The third-order valence-electron chi connectivity index (χ3n) is 19.0. The summed E-state index contributed by atoms with van der Waals surface area (Å²) >= 11 is 0. The van der Waals surface area contributed by atoms with Gasteiger partial charge in [-0.05, 0) is 91.0 Å². The van der Waals surface area contributed by atoms with Gasteiger partial charge in [0.15, 0.2) is 34.9 Å². The summed E-state index contributed by atoms with van der Waals surface area (Å²) in [6, 6.07) is 107. The van der Waals surface area contributed by atoms with Crippen molar-refractivity contribution in [1.29, 1.82) is 0 Å². The average molecular weight is 1200 g/mol. The minimum absolute atomic E-state index is 0.0808. The fourth-order valence-corrected chi connectivity index (χ4v) is 14.6. The lowest BCUT2D eigenvalue weighted by atomic mass is 9.60. The van der Waals surface area contributed by atoms with Crippen molar-refractivity contribution >= 4 is 43.9 Å². The Morgan fingerprint density at radius 3 is 0.915 bits per heavy atom. The van der Waals surface area contributed by atoms with Gasteiger partial charge in [-0.15, -0.1) is 0 Å². The molecule has 3 aliphatic rings. The molecule has 3 aliphatic carbocycles. The zero-order valence-corrected chi connectivity index (χ0v) is 50.5. The smallest absolute Gasteiger partial charge is 0.164 e. The highest BCUT2D eigenvalue weighted by molar-refractivity contribution is 6.12. The molecule has 4 aromatic heterocycles. The van der Waals surface area contributed by atoms with Crippen molar-refractivity contribution in [3.8, 4) is 113 Å². The molecule has 2 unspecified atom stereocenters. The predicted molar refractivity (Wildman–Crippen MR) is 377 cm³/mol. The standard InChI is InChI=1S/C86H52N6O2/c1-3-19-53(20-4-1)81-87-83(91-85(89-81)71-29-11-7-23-59(71)67-31-17-33-69-61-25-13-15-35-75(61)93-79(67)69)55-41-37-51(38-42-55)57-45-47-65-73(49-57)77-63-27-9-10-28-64(63)78(65)74-50-58(46-48-66(74)77)52-39-43-56(44-40-52)84-88-82(54-21-5-2-6-22-54)90-86(92-84)72-30-12-8-24-60(72)68-32-18-34-70-62-26-14-16-36-76(62)94-80(68)70/h1-50,77-78H. The molecule has 438 valence electrons. The maximum absolute atomic E-state index is 6.56. The molecular weight excluding hydrogens is 1150 g/mol. The summed E-state index contributed by atoms with van der Waals surface area (Å²) in [5.41, 5.74) is 25.4. The number of furan rings is 2. The fourth-order valence-electron chi connectivity index (χ4n) is 14.6. The Morgan fingerprint density at radius 1 is 0.191 bits per heavy atom. The van der Waals surface area contributed by atoms with Crippen molar-refractivity contribution in [2.75, 3.05) is 0 Å². The molecule has 0 saturated carbocycles. The summed E-state index contributed by atoms with van der Waals surface area (Å²) < 4.78 is 13.1. The highest BCUT2D eigenvalue weighted by atomic mass is 16.3. The normalized spacial score (nSPS) is 13.7. The van der Waals surface area contributed by atoms with Gasteiger partial charge in [-0.1, -0.05) is 279 Å². The molecule has 0 amide bonds. The lowest BCUT2D eigenvalue weighted by molar-refractivity contribution is 0.669. The van der Waals surface area contributed by atoms with Gasteiger partial charge in [0.05, 0.1) is 0 Å². The first-order valence-electron chi connectivity index (χ1n) is 31.8. The van der Waals surface area contributed by atoms with E-state index in [1.54, 1.807) is 0 Å². The zero-order valence-electron chi connectivity index (χ0n) is 50.5. The lowest BCUT2D eigenvalue weighted by Gasteiger charge is -2.42. The van der Waals surface area contributed by atoms with Crippen LogP contribution in [0.1, 0.15) is 45.2 Å². The van der Waals surface area contributed by atoms with Crippen molar-refractivity contribution in [3.63, 3.8) is 0 Å². The predicted octanol–water partition coefficient (Wildman–Crippen LogP) is 21.5. The fraction of sp³-hybridized carbons (Fsp3) is 0.0233. The summed E-state index contributed by atoms with van der Waals surface area (Å²) in [6.07, 6.45) is 0. The lowest BCUT2D eigenvalue weighted by Crippen LogP contribution is -2.27. The third kappa shape index (κ3) is 8.75. The molecule has 4 heterocycles. The van der Waals surface area contributed by atoms with Crippen molar-refractivity contribution in [1.82, 2.24) is 29.9 Å². The number of hydrogen-bond donors (Lipinski definition) is 0.